The predicted molar refractivity (Wildman–Crippen MR) is 60.7 cm³/mol. The SMILES string of the molecule is CSC(=S)N(N)C(=O)c1ccncc1. The Labute approximate surface area is 91.5 Å². The first-order chi connectivity index (χ1) is 6.66. The molecule has 14 heavy (non-hydrogen) atoms. The molecule has 0 aromatic carbocycles. The van der Waals surface area contributed by atoms with E-state index in [4.69, 9.17) is 18.1 Å². The topological polar surface area (TPSA) is 59.2 Å². The van der Waals surface area contributed by atoms with Crippen molar-refractivity contribution in [3.63, 3.8) is 0 Å². The molecular formula is C8H9N3OS2. The summed E-state index contributed by atoms with van der Waals surface area (Å²) in [4.78, 5) is 15.4. The molecule has 1 heterocycles. The molecule has 4 nitrogen and oxygen atoms in total. The molecule has 0 aliphatic carbocycles. The molecule has 6 heteroatoms. The van der Waals surface area contributed by atoms with Crippen LogP contribution < -0.4 is 5.84 Å². The van der Waals surface area contributed by atoms with Crippen molar-refractivity contribution >= 4 is 34.2 Å². The standard InChI is InChI=1S/C8H9N3OS2/c1-14-8(13)11(9)7(12)6-2-4-10-5-3-6/h2-5H,9H2,1H3. The van der Waals surface area contributed by atoms with Gasteiger partial charge < -0.3 is 0 Å². The van der Waals surface area contributed by atoms with E-state index >= 15 is 0 Å². The first-order valence-electron chi connectivity index (χ1n) is 3.74. The van der Waals surface area contributed by atoms with Gasteiger partial charge in [-0.3, -0.25) is 9.78 Å². The van der Waals surface area contributed by atoms with Gasteiger partial charge in [0.2, 0.25) is 0 Å². The maximum Gasteiger partial charge on any atom is 0.273 e. The number of amides is 1. The highest BCUT2D eigenvalue weighted by atomic mass is 32.2. The van der Waals surface area contributed by atoms with Gasteiger partial charge in [0.1, 0.15) is 0 Å². The van der Waals surface area contributed by atoms with Gasteiger partial charge in [-0.1, -0.05) is 24.0 Å². The van der Waals surface area contributed by atoms with E-state index in [1.165, 1.54) is 24.2 Å². The zero-order valence-corrected chi connectivity index (χ0v) is 9.14. The zero-order chi connectivity index (χ0) is 10.6. The first-order valence-corrected chi connectivity index (χ1v) is 5.37. The fraction of sp³-hybridized carbons (Fsp3) is 0.125. The Morgan fingerprint density at radius 1 is 1.57 bits per heavy atom. The van der Waals surface area contributed by atoms with Crippen LogP contribution in [-0.4, -0.2) is 26.5 Å². The second kappa shape index (κ2) is 5.04. The first kappa shape index (κ1) is 11.1. The van der Waals surface area contributed by atoms with E-state index in [-0.39, 0.29) is 5.91 Å². The normalized spacial score (nSPS) is 9.57. The molecule has 0 bridgehead atoms. The molecule has 1 amide bonds. The number of thioether (sulfide) groups is 1. The molecule has 2 N–H and O–H groups in total. The number of hydrogen-bond donors (Lipinski definition) is 1. The van der Waals surface area contributed by atoms with Crippen molar-refractivity contribution in [3.8, 4) is 0 Å². The molecule has 0 radical (unpaired) electrons. The molecule has 0 atom stereocenters. The third-order valence-electron chi connectivity index (χ3n) is 1.52. The number of aromatic nitrogens is 1. The molecule has 0 fully saturated rings. The second-order valence-electron chi connectivity index (χ2n) is 2.38. The van der Waals surface area contributed by atoms with E-state index in [1.54, 1.807) is 18.4 Å². The van der Waals surface area contributed by atoms with Crippen LogP contribution in [0.3, 0.4) is 0 Å². The Hall–Kier alpha value is -0.980. The lowest BCUT2D eigenvalue weighted by atomic mass is 10.2. The number of carbonyl (C=O) groups is 1. The summed E-state index contributed by atoms with van der Waals surface area (Å²) in [6.07, 6.45) is 4.83. The smallest absolute Gasteiger partial charge is 0.267 e. The van der Waals surface area contributed by atoms with Crippen molar-refractivity contribution in [2.75, 3.05) is 6.26 Å². The van der Waals surface area contributed by atoms with E-state index in [0.717, 1.165) is 5.01 Å². The number of hydrogen-bond acceptors (Lipinski definition) is 5. The number of pyridine rings is 1. The summed E-state index contributed by atoms with van der Waals surface area (Å²) in [6, 6.07) is 3.18. The van der Waals surface area contributed by atoms with Crippen molar-refractivity contribution in [1.82, 2.24) is 9.99 Å². The molecule has 1 aromatic rings. The summed E-state index contributed by atoms with van der Waals surface area (Å²) < 4.78 is 0.340. The van der Waals surface area contributed by atoms with E-state index < -0.39 is 0 Å². The maximum atomic E-state index is 11.6. The van der Waals surface area contributed by atoms with Crippen LogP contribution in [0.25, 0.3) is 0 Å². The van der Waals surface area contributed by atoms with Gasteiger partial charge >= 0.3 is 0 Å². The molecule has 74 valence electrons. The summed E-state index contributed by atoms with van der Waals surface area (Å²) in [5.41, 5.74) is 0.471. The maximum absolute atomic E-state index is 11.6. The van der Waals surface area contributed by atoms with Gasteiger partial charge in [-0.25, -0.2) is 10.9 Å². The molecule has 0 saturated carbocycles. The number of nitrogens with two attached hydrogens (primary N) is 1. The minimum absolute atomic E-state index is 0.327. The van der Waals surface area contributed by atoms with Crippen LogP contribution in [0.1, 0.15) is 10.4 Å². The molecule has 1 rings (SSSR count). The minimum atomic E-state index is -0.327. The lowest BCUT2D eigenvalue weighted by molar-refractivity contribution is 0.0852. The average Bonchev–Trinajstić information content (AvgIpc) is 2.27. The third kappa shape index (κ3) is 2.50. The average molecular weight is 227 g/mol. The van der Waals surface area contributed by atoms with Gasteiger partial charge in [0.05, 0.1) is 0 Å². The van der Waals surface area contributed by atoms with Gasteiger partial charge in [0.25, 0.3) is 5.91 Å². The Kier molecular flexibility index (Phi) is 3.99. The number of hydrazine groups is 1. The fourth-order valence-corrected chi connectivity index (χ4v) is 1.18. The number of rotatable bonds is 1. The van der Waals surface area contributed by atoms with Crippen LogP contribution >= 0.6 is 24.0 Å². The monoisotopic (exact) mass is 227 g/mol. The highest BCUT2D eigenvalue weighted by Crippen LogP contribution is 2.06. The van der Waals surface area contributed by atoms with E-state index in [9.17, 15) is 4.79 Å². The number of thiocarbonyl (C=S) groups is 1. The largest absolute Gasteiger partial charge is 0.273 e. The van der Waals surface area contributed by atoms with Crippen LogP contribution in [0.15, 0.2) is 24.5 Å². The van der Waals surface area contributed by atoms with E-state index in [1.807, 2.05) is 0 Å². The van der Waals surface area contributed by atoms with Gasteiger partial charge in [0.15, 0.2) is 4.32 Å². The highest BCUT2D eigenvalue weighted by molar-refractivity contribution is 8.22. The van der Waals surface area contributed by atoms with Gasteiger partial charge in [0, 0.05) is 18.0 Å². The molecule has 0 aliphatic heterocycles. The quantitative estimate of drug-likeness (QED) is 0.336. The molecule has 0 unspecified atom stereocenters. The van der Waals surface area contributed by atoms with Crippen molar-refractivity contribution in [2.24, 2.45) is 5.84 Å². The lowest BCUT2D eigenvalue weighted by Gasteiger charge is -2.15. The molecular weight excluding hydrogens is 218 g/mol. The zero-order valence-electron chi connectivity index (χ0n) is 7.51. The van der Waals surface area contributed by atoms with Crippen LogP contribution in [-0.2, 0) is 0 Å². The summed E-state index contributed by atoms with van der Waals surface area (Å²) in [6.45, 7) is 0. The van der Waals surface area contributed by atoms with Gasteiger partial charge in [-0.15, -0.1) is 0 Å². The lowest BCUT2D eigenvalue weighted by Crippen LogP contribution is -2.40. The van der Waals surface area contributed by atoms with Gasteiger partial charge in [-0.2, -0.15) is 0 Å². The summed E-state index contributed by atoms with van der Waals surface area (Å²) in [7, 11) is 0. The molecule has 0 aliphatic rings. The van der Waals surface area contributed by atoms with Gasteiger partial charge in [-0.05, 0) is 18.4 Å². The van der Waals surface area contributed by atoms with Crippen molar-refractivity contribution in [3.05, 3.63) is 30.1 Å². The summed E-state index contributed by atoms with van der Waals surface area (Å²) in [5, 5.41) is 0.954. The molecule has 0 saturated heterocycles. The number of nitrogens with zero attached hydrogens (tertiary/aromatic N) is 2. The Balaban J connectivity index is 2.81. The fourth-order valence-electron chi connectivity index (χ4n) is 0.815. The van der Waals surface area contributed by atoms with Crippen LogP contribution in [0, 0.1) is 0 Å². The Bertz CT molecular complexity index is 342. The summed E-state index contributed by atoms with van der Waals surface area (Å²) >= 11 is 6.13. The van der Waals surface area contributed by atoms with E-state index in [0.29, 0.717) is 9.88 Å². The molecule has 0 spiro atoms. The van der Waals surface area contributed by atoms with Crippen molar-refractivity contribution in [1.29, 1.82) is 0 Å². The van der Waals surface area contributed by atoms with Crippen LogP contribution in [0.5, 0.6) is 0 Å². The van der Waals surface area contributed by atoms with Crippen molar-refractivity contribution < 1.29 is 4.79 Å². The minimum Gasteiger partial charge on any atom is -0.267 e. The third-order valence-corrected chi connectivity index (χ3v) is 2.76. The molecule has 1 aromatic heterocycles. The van der Waals surface area contributed by atoms with E-state index in [2.05, 4.69) is 4.98 Å². The van der Waals surface area contributed by atoms with Crippen LogP contribution in [0.4, 0.5) is 0 Å². The highest BCUT2D eigenvalue weighted by Gasteiger charge is 2.15. The summed E-state index contributed by atoms with van der Waals surface area (Å²) in [5.74, 6) is 5.18. The Morgan fingerprint density at radius 2 is 2.14 bits per heavy atom. The Morgan fingerprint density at radius 3 is 2.64 bits per heavy atom. The second-order valence-corrected chi connectivity index (χ2v) is 3.82. The number of carbonyl (C=O) groups excluding carboxylic acids is 1. The van der Waals surface area contributed by atoms with Crippen LogP contribution in [0.2, 0.25) is 0 Å². The van der Waals surface area contributed by atoms with Crippen molar-refractivity contribution in [2.45, 2.75) is 0 Å². The predicted octanol–water partition coefficient (Wildman–Crippen LogP) is 1.05.